The Labute approximate surface area is 178 Å². The van der Waals surface area contributed by atoms with Crippen molar-refractivity contribution >= 4 is 17.5 Å². The molecule has 1 fully saturated rings. The second-order valence-corrected chi connectivity index (χ2v) is 6.77. The first kappa shape index (κ1) is 21.8. The highest BCUT2D eigenvalue weighted by Crippen LogP contribution is 2.33. The molecular weight excluding hydrogens is 382 g/mol. The Hall–Kier alpha value is -2.87. The van der Waals surface area contributed by atoms with E-state index < -0.39 is 0 Å². The third kappa shape index (κ3) is 5.18. The fourth-order valence-electron chi connectivity index (χ4n) is 3.41. The predicted octanol–water partition coefficient (Wildman–Crippen LogP) is 3.47. The summed E-state index contributed by atoms with van der Waals surface area (Å²) in [5, 5.41) is 5.51. The second kappa shape index (κ2) is 10.8. The van der Waals surface area contributed by atoms with Gasteiger partial charge in [-0.05, 0) is 44.0 Å². The first-order valence-electron chi connectivity index (χ1n) is 10.8. The van der Waals surface area contributed by atoms with Crippen molar-refractivity contribution < 1.29 is 14.3 Å². The molecule has 8 nitrogen and oxygen atoms in total. The summed E-state index contributed by atoms with van der Waals surface area (Å²) in [6, 6.07) is 7.30. The van der Waals surface area contributed by atoms with Gasteiger partial charge in [0.25, 0.3) is 0 Å². The zero-order valence-corrected chi connectivity index (χ0v) is 18.0. The van der Waals surface area contributed by atoms with E-state index in [4.69, 9.17) is 14.5 Å². The molecule has 3 heterocycles. The molecule has 30 heavy (non-hydrogen) atoms. The number of anilines is 2. The number of fused-ring (bicyclic) bond motifs is 1. The van der Waals surface area contributed by atoms with Gasteiger partial charge < -0.3 is 25.0 Å². The van der Waals surface area contributed by atoms with E-state index in [0.29, 0.717) is 38.1 Å². The number of hydrogen-bond acceptors (Lipinski definition) is 6. The predicted molar refractivity (Wildman–Crippen MR) is 118 cm³/mol. The lowest BCUT2D eigenvalue weighted by Gasteiger charge is -2.31. The number of morpholine rings is 1. The number of hydrogen-bond donors (Lipinski definition) is 2. The van der Waals surface area contributed by atoms with Crippen LogP contribution in [0.2, 0.25) is 0 Å². The van der Waals surface area contributed by atoms with Crippen molar-refractivity contribution in [3.8, 4) is 17.3 Å². The summed E-state index contributed by atoms with van der Waals surface area (Å²) >= 11 is 0. The fourth-order valence-corrected chi connectivity index (χ4v) is 3.41. The number of benzene rings is 1. The summed E-state index contributed by atoms with van der Waals surface area (Å²) in [6.45, 7) is 10.2. The fraction of sp³-hybridized carbons (Fsp3) is 0.500. The minimum atomic E-state index is -0.219. The molecule has 2 N–H and O–H groups in total. The zero-order valence-electron chi connectivity index (χ0n) is 18.0. The van der Waals surface area contributed by atoms with E-state index in [-0.39, 0.29) is 6.03 Å². The average Bonchev–Trinajstić information content (AvgIpc) is 2.81. The Bertz CT molecular complexity index is 835. The molecule has 2 aliphatic rings. The Morgan fingerprint density at radius 2 is 1.83 bits per heavy atom. The van der Waals surface area contributed by atoms with Crippen molar-refractivity contribution in [3.63, 3.8) is 0 Å². The maximum atomic E-state index is 11.7. The van der Waals surface area contributed by atoms with Crippen LogP contribution in [0.4, 0.5) is 16.3 Å². The number of amides is 2. The summed E-state index contributed by atoms with van der Waals surface area (Å²) in [4.78, 5) is 23.5. The van der Waals surface area contributed by atoms with Gasteiger partial charge in [0.05, 0.1) is 25.4 Å². The summed E-state index contributed by atoms with van der Waals surface area (Å²) in [7, 11) is 0. The SMILES string of the molecule is CC.CCNC(=O)Nc1ccc(-c2nc3c(c(N4CCOCC4)n2)CCCO3)cc1. The lowest BCUT2D eigenvalue weighted by atomic mass is 10.1. The van der Waals surface area contributed by atoms with E-state index >= 15 is 0 Å². The number of carbonyl (C=O) groups excluding carboxylic acids is 1. The molecule has 2 aliphatic heterocycles. The largest absolute Gasteiger partial charge is 0.477 e. The molecule has 2 aromatic rings. The van der Waals surface area contributed by atoms with Crippen molar-refractivity contribution in [2.45, 2.75) is 33.6 Å². The lowest BCUT2D eigenvalue weighted by Crippen LogP contribution is -2.38. The first-order valence-corrected chi connectivity index (χ1v) is 10.8. The molecule has 0 saturated carbocycles. The van der Waals surface area contributed by atoms with Crippen molar-refractivity contribution in [3.05, 3.63) is 29.8 Å². The molecule has 0 bridgehead atoms. The zero-order chi connectivity index (χ0) is 21.3. The van der Waals surface area contributed by atoms with E-state index in [1.54, 1.807) is 0 Å². The number of aromatic nitrogens is 2. The molecule has 1 aromatic heterocycles. The van der Waals surface area contributed by atoms with Crippen LogP contribution in [-0.4, -0.2) is 55.5 Å². The van der Waals surface area contributed by atoms with E-state index in [9.17, 15) is 4.79 Å². The summed E-state index contributed by atoms with van der Waals surface area (Å²) in [5.74, 6) is 2.27. The molecule has 162 valence electrons. The first-order chi connectivity index (χ1) is 14.7. The van der Waals surface area contributed by atoms with Gasteiger partial charge in [0.1, 0.15) is 5.82 Å². The van der Waals surface area contributed by atoms with E-state index in [2.05, 4.69) is 20.5 Å². The van der Waals surface area contributed by atoms with Gasteiger partial charge in [-0.1, -0.05) is 13.8 Å². The highest BCUT2D eigenvalue weighted by molar-refractivity contribution is 5.89. The van der Waals surface area contributed by atoms with Gasteiger partial charge in [-0.25, -0.2) is 9.78 Å². The maximum absolute atomic E-state index is 11.7. The minimum absolute atomic E-state index is 0.219. The van der Waals surface area contributed by atoms with Crippen molar-refractivity contribution in [2.75, 3.05) is 49.7 Å². The molecule has 1 saturated heterocycles. The van der Waals surface area contributed by atoms with Crippen LogP contribution in [-0.2, 0) is 11.2 Å². The molecule has 0 radical (unpaired) electrons. The molecule has 4 rings (SSSR count). The lowest BCUT2D eigenvalue weighted by molar-refractivity contribution is 0.122. The van der Waals surface area contributed by atoms with Gasteiger partial charge in [-0.15, -0.1) is 0 Å². The van der Waals surface area contributed by atoms with Gasteiger partial charge in [0.2, 0.25) is 5.88 Å². The monoisotopic (exact) mass is 413 g/mol. The van der Waals surface area contributed by atoms with Crippen LogP contribution in [0.15, 0.2) is 24.3 Å². The summed E-state index contributed by atoms with van der Waals surface area (Å²) < 4.78 is 11.3. The van der Waals surface area contributed by atoms with Crippen molar-refractivity contribution in [1.29, 1.82) is 0 Å². The Morgan fingerprint density at radius 1 is 1.10 bits per heavy atom. The van der Waals surface area contributed by atoms with Crippen molar-refractivity contribution in [1.82, 2.24) is 15.3 Å². The smallest absolute Gasteiger partial charge is 0.319 e. The van der Waals surface area contributed by atoms with Crippen LogP contribution in [0.5, 0.6) is 5.88 Å². The quantitative estimate of drug-likeness (QED) is 0.798. The number of carbonyl (C=O) groups is 1. The number of nitrogens with zero attached hydrogens (tertiary/aromatic N) is 3. The van der Waals surface area contributed by atoms with Crippen LogP contribution in [0.3, 0.4) is 0 Å². The van der Waals surface area contributed by atoms with E-state index in [1.165, 1.54) is 0 Å². The molecule has 0 atom stereocenters. The van der Waals surface area contributed by atoms with Crippen LogP contribution < -0.4 is 20.3 Å². The highest BCUT2D eigenvalue weighted by atomic mass is 16.5. The van der Waals surface area contributed by atoms with Crippen LogP contribution in [0.1, 0.15) is 32.8 Å². The molecule has 0 spiro atoms. The van der Waals surface area contributed by atoms with Gasteiger partial charge in [0.15, 0.2) is 5.82 Å². The third-order valence-electron chi connectivity index (χ3n) is 4.81. The number of nitrogens with one attached hydrogen (secondary N) is 2. The molecule has 0 unspecified atom stereocenters. The van der Waals surface area contributed by atoms with Gasteiger partial charge in [-0.2, -0.15) is 4.98 Å². The van der Waals surface area contributed by atoms with Gasteiger partial charge >= 0.3 is 6.03 Å². The van der Waals surface area contributed by atoms with Crippen LogP contribution >= 0.6 is 0 Å². The van der Waals surface area contributed by atoms with Crippen molar-refractivity contribution in [2.24, 2.45) is 0 Å². The molecule has 0 aliphatic carbocycles. The second-order valence-electron chi connectivity index (χ2n) is 6.77. The minimum Gasteiger partial charge on any atom is -0.477 e. The Kier molecular flexibility index (Phi) is 7.84. The van der Waals surface area contributed by atoms with Crippen LogP contribution in [0, 0.1) is 0 Å². The number of urea groups is 1. The number of rotatable bonds is 4. The summed E-state index contributed by atoms with van der Waals surface area (Å²) in [6.07, 6.45) is 1.91. The third-order valence-corrected chi connectivity index (χ3v) is 4.81. The van der Waals surface area contributed by atoms with Crippen LogP contribution in [0.25, 0.3) is 11.4 Å². The molecule has 1 aromatic carbocycles. The topological polar surface area (TPSA) is 88.6 Å². The van der Waals surface area contributed by atoms with Gasteiger partial charge in [-0.3, -0.25) is 0 Å². The standard InChI is InChI=1S/C20H25N5O3.C2H6/c1-2-21-20(26)22-15-7-5-14(6-8-15)17-23-18(25-9-12-27-13-10-25)16-4-3-11-28-19(16)24-17;1-2/h5-8H,2-4,9-13H2,1H3,(H2,21,22,26);1-2H3. The molecular formula is C22H31N5O3. The molecule has 8 heteroatoms. The van der Waals surface area contributed by atoms with E-state index in [1.807, 2.05) is 45.0 Å². The Morgan fingerprint density at radius 3 is 2.53 bits per heavy atom. The van der Waals surface area contributed by atoms with Gasteiger partial charge in [0, 0.05) is 30.9 Å². The van der Waals surface area contributed by atoms with E-state index in [0.717, 1.165) is 48.6 Å². The highest BCUT2D eigenvalue weighted by Gasteiger charge is 2.24. The average molecular weight is 414 g/mol. The normalized spacial score (nSPS) is 15.2. The Balaban J connectivity index is 0.00000124. The summed E-state index contributed by atoms with van der Waals surface area (Å²) in [5.41, 5.74) is 2.69. The molecule has 2 amide bonds. The number of ether oxygens (including phenoxy) is 2. The maximum Gasteiger partial charge on any atom is 0.319 e.